The Bertz CT molecular complexity index is 471. The molecule has 0 aliphatic carbocycles. The Balaban J connectivity index is 2.08. The number of aliphatic hydroxyl groups is 1. The Morgan fingerprint density at radius 3 is 2.75 bits per heavy atom. The van der Waals surface area contributed by atoms with Crippen molar-refractivity contribution in [2.45, 2.75) is 31.4 Å². The maximum Gasteiger partial charge on any atom is 0.250 e. The van der Waals surface area contributed by atoms with Gasteiger partial charge in [0.25, 0.3) is 0 Å². The SMILES string of the molecule is CN(C)C[C@@]1(O)CCN(C(=O)C(C)(C)n2cncn2)C1. The highest BCUT2D eigenvalue weighted by Crippen LogP contribution is 2.26. The smallest absolute Gasteiger partial charge is 0.250 e. The Kier molecular flexibility index (Phi) is 3.84. The van der Waals surface area contributed by atoms with E-state index in [4.69, 9.17) is 0 Å². The van der Waals surface area contributed by atoms with E-state index in [-0.39, 0.29) is 5.91 Å². The average Bonchev–Trinajstić information content (AvgIpc) is 2.96. The van der Waals surface area contributed by atoms with E-state index < -0.39 is 11.1 Å². The van der Waals surface area contributed by atoms with Crippen molar-refractivity contribution < 1.29 is 9.90 Å². The molecule has 7 nitrogen and oxygen atoms in total. The third-order valence-corrected chi connectivity index (χ3v) is 3.74. The first-order chi connectivity index (χ1) is 9.24. The summed E-state index contributed by atoms with van der Waals surface area (Å²) in [6, 6.07) is 0. The van der Waals surface area contributed by atoms with Crippen molar-refractivity contribution in [3.63, 3.8) is 0 Å². The lowest BCUT2D eigenvalue weighted by atomic mass is 10.0. The molecule has 0 radical (unpaired) electrons. The van der Waals surface area contributed by atoms with Crippen LogP contribution in [0.4, 0.5) is 0 Å². The number of carbonyl (C=O) groups is 1. The highest BCUT2D eigenvalue weighted by Gasteiger charge is 2.43. The number of carbonyl (C=O) groups excluding carboxylic acids is 1. The zero-order chi connectivity index (χ0) is 15.0. The molecule has 1 aliphatic heterocycles. The normalized spacial score (nSPS) is 23.6. The number of likely N-dealkylation sites (N-methyl/N-ethyl adjacent to an activating group) is 1. The highest BCUT2D eigenvalue weighted by molar-refractivity contribution is 5.84. The first-order valence-electron chi connectivity index (χ1n) is 6.76. The van der Waals surface area contributed by atoms with E-state index in [0.29, 0.717) is 26.1 Å². The molecule has 0 unspecified atom stereocenters. The first-order valence-corrected chi connectivity index (χ1v) is 6.76. The van der Waals surface area contributed by atoms with Gasteiger partial charge in [-0.15, -0.1) is 0 Å². The molecular formula is C13H23N5O2. The molecule has 1 amide bonds. The fraction of sp³-hybridized carbons (Fsp3) is 0.769. The van der Waals surface area contributed by atoms with Crippen LogP contribution in [-0.2, 0) is 10.3 Å². The quantitative estimate of drug-likeness (QED) is 0.808. The van der Waals surface area contributed by atoms with Gasteiger partial charge >= 0.3 is 0 Å². The van der Waals surface area contributed by atoms with Gasteiger partial charge in [-0.05, 0) is 34.4 Å². The molecule has 1 saturated heterocycles. The minimum atomic E-state index is -0.822. The third-order valence-electron chi connectivity index (χ3n) is 3.74. The first kappa shape index (κ1) is 14.9. The van der Waals surface area contributed by atoms with Gasteiger partial charge in [0.1, 0.15) is 18.2 Å². The van der Waals surface area contributed by atoms with Crippen LogP contribution in [0.25, 0.3) is 0 Å². The van der Waals surface area contributed by atoms with Crippen LogP contribution in [0.3, 0.4) is 0 Å². The van der Waals surface area contributed by atoms with Crippen LogP contribution < -0.4 is 0 Å². The minimum Gasteiger partial charge on any atom is -0.387 e. The predicted octanol–water partition coefficient (Wildman–Crippen LogP) is -0.462. The van der Waals surface area contributed by atoms with E-state index in [2.05, 4.69) is 10.1 Å². The number of hydrogen-bond acceptors (Lipinski definition) is 5. The lowest BCUT2D eigenvalue weighted by molar-refractivity contribution is -0.139. The molecule has 1 atom stereocenters. The van der Waals surface area contributed by atoms with E-state index >= 15 is 0 Å². The Morgan fingerprint density at radius 2 is 2.20 bits per heavy atom. The van der Waals surface area contributed by atoms with Crippen LogP contribution in [-0.4, -0.2) is 74.9 Å². The van der Waals surface area contributed by atoms with Gasteiger partial charge in [0.05, 0.1) is 12.1 Å². The summed E-state index contributed by atoms with van der Waals surface area (Å²) in [6.45, 7) is 5.12. The largest absolute Gasteiger partial charge is 0.387 e. The average molecular weight is 281 g/mol. The van der Waals surface area contributed by atoms with E-state index in [1.165, 1.54) is 6.33 Å². The lowest BCUT2D eigenvalue weighted by Gasteiger charge is -2.31. The molecule has 0 aromatic carbocycles. The molecule has 7 heteroatoms. The fourth-order valence-corrected chi connectivity index (χ4v) is 2.73. The van der Waals surface area contributed by atoms with Gasteiger partial charge in [-0.2, -0.15) is 5.10 Å². The number of amides is 1. The zero-order valence-electron chi connectivity index (χ0n) is 12.6. The van der Waals surface area contributed by atoms with Crippen LogP contribution >= 0.6 is 0 Å². The second-order valence-corrected chi connectivity index (χ2v) is 6.34. The van der Waals surface area contributed by atoms with Gasteiger partial charge in [0.15, 0.2) is 0 Å². The van der Waals surface area contributed by atoms with Crippen molar-refractivity contribution in [1.82, 2.24) is 24.6 Å². The fourth-order valence-electron chi connectivity index (χ4n) is 2.73. The number of hydrogen-bond donors (Lipinski definition) is 1. The summed E-state index contributed by atoms with van der Waals surface area (Å²) in [5.41, 5.74) is -1.61. The standard InChI is InChI=1S/C13H23N5O2/c1-12(2,18-10-14-9-15-18)11(19)17-6-5-13(20,8-17)7-16(3)4/h9-10,20H,5-8H2,1-4H3/t13-/m0/s1. The van der Waals surface area contributed by atoms with Crippen molar-refractivity contribution in [3.8, 4) is 0 Å². The Labute approximate surface area is 119 Å². The zero-order valence-corrected chi connectivity index (χ0v) is 12.6. The maximum absolute atomic E-state index is 12.7. The molecule has 1 aliphatic rings. The van der Waals surface area contributed by atoms with Crippen molar-refractivity contribution in [3.05, 3.63) is 12.7 Å². The Morgan fingerprint density at radius 1 is 1.50 bits per heavy atom. The number of likely N-dealkylation sites (tertiary alicyclic amines) is 1. The summed E-state index contributed by atoms with van der Waals surface area (Å²) in [7, 11) is 3.84. The van der Waals surface area contributed by atoms with E-state index in [1.807, 2.05) is 32.8 Å². The van der Waals surface area contributed by atoms with Crippen LogP contribution in [0.1, 0.15) is 20.3 Å². The molecule has 20 heavy (non-hydrogen) atoms. The van der Waals surface area contributed by atoms with Gasteiger partial charge in [-0.3, -0.25) is 4.79 Å². The van der Waals surface area contributed by atoms with Crippen molar-refractivity contribution in [2.24, 2.45) is 0 Å². The van der Waals surface area contributed by atoms with Gasteiger partial charge in [-0.1, -0.05) is 0 Å². The molecule has 1 fully saturated rings. The minimum absolute atomic E-state index is 0.0438. The van der Waals surface area contributed by atoms with E-state index in [9.17, 15) is 9.90 Å². The summed E-state index contributed by atoms with van der Waals surface area (Å²) < 4.78 is 1.55. The highest BCUT2D eigenvalue weighted by atomic mass is 16.3. The Hall–Kier alpha value is -1.47. The second kappa shape index (κ2) is 5.14. The van der Waals surface area contributed by atoms with Gasteiger partial charge in [0.2, 0.25) is 5.91 Å². The monoisotopic (exact) mass is 281 g/mol. The van der Waals surface area contributed by atoms with E-state index in [0.717, 1.165) is 0 Å². The third kappa shape index (κ3) is 2.83. The van der Waals surface area contributed by atoms with Crippen molar-refractivity contribution in [2.75, 3.05) is 33.7 Å². The molecule has 1 aromatic rings. The molecule has 2 heterocycles. The molecular weight excluding hydrogens is 258 g/mol. The number of nitrogens with zero attached hydrogens (tertiary/aromatic N) is 5. The topological polar surface area (TPSA) is 74.5 Å². The van der Waals surface area contributed by atoms with Crippen molar-refractivity contribution >= 4 is 5.91 Å². The molecule has 1 aromatic heterocycles. The van der Waals surface area contributed by atoms with Gasteiger partial charge in [0, 0.05) is 13.1 Å². The molecule has 0 spiro atoms. The van der Waals surface area contributed by atoms with Crippen LogP contribution in [0.15, 0.2) is 12.7 Å². The van der Waals surface area contributed by atoms with E-state index in [1.54, 1.807) is 15.9 Å². The summed E-state index contributed by atoms with van der Waals surface area (Å²) in [5.74, 6) is -0.0438. The molecule has 0 saturated carbocycles. The molecule has 112 valence electrons. The van der Waals surface area contributed by atoms with Crippen LogP contribution in [0.5, 0.6) is 0 Å². The second-order valence-electron chi connectivity index (χ2n) is 6.34. The summed E-state index contributed by atoms with van der Waals surface area (Å²) >= 11 is 0. The predicted molar refractivity (Wildman–Crippen MR) is 74.0 cm³/mol. The summed E-state index contributed by atoms with van der Waals surface area (Å²) in [6.07, 6.45) is 3.56. The van der Waals surface area contributed by atoms with Crippen molar-refractivity contribution in [1.29, 1.82) is 0 Å². The maximum atomic E-state index is 12.7. The van der Waals surface area contributed by atoms with Crippen LogP contribution in [0.2, 0.25) is 0 Å². The van der Waals surface area contributed by atoms with Crippen LogP contribution in [0, 0.1) is 0 Å². The number of β-amino-alcohol motifs (C(OH)–C–C–N with tert-alkyl or cyclic N) is 1. The molecule has 0 bridgehead atoms. The summed E-state index contributed by atoms with van der Waals surface area (Å²) in [4.78, 5) is 20.2. The summed E-state index contributed by atoms with van der Waals surface area (Å²) in [5, 5.41) is 14.6. The van der Waals surface area contributed by atoms with Gasteiger partial charge in [-0.25, -0.2) is 9.67 Å². The molecule has 2 rings (SSSR count). The van der Waals surface area contributed by atoms with Gasteiger partial charge < -0.3 is 14.9 Å². The number of rotatable bonds is 4. The molecule has 1 N–H and O–H groups in total. The lowest BCUT2D eigenvalue weighted by Crippen LogP contribution is -2.49. The number of aromatic nitrogens is 3.